The molecule has 0 aliphatic carbocycles. The van der Waals surface area contributed by atoms with Crippen LogP contribution in [0.2, 0.25) is 0 Å². The van der Waals surface area contributed by atoms with Gasteiger partial charge in [-0.1, -0.05) is 43.7 Å². The molecule has 1 heterocycles. The number of nitrogens with zero attached hydrogens (tertiary/aromatic N) is 1. The highest BCUT2D eigenvalue weighted by atomic mass is 16.2. The second-order valence-corrected chi connectivity index (χ2v) is 4.92. The van der Waals surface area contributed by atoms with E-state index in [-0.39, 0.29) is 18.4 Å². The van der Waals surface area contributed by atoms with Gasteiger partial charge in [0, 0.05) is 13.0 Å². The fourth-order valence-corrected chi connectivity index (χ4v) is 2.30. The van der Waals surface area contributed by atoms with Crippen molar-refractivity contribution in [3.05, 3.63) is 35.9 Å². The van der Waals surface area contributed by atoms with E-state index in [4.69, 9.17) is 0 Å². The lowest BCUT2D eigenvalue weighted by atomic mass is 10.0. The second kappa shape index (κ2) is 6.36. The van der Waals surface area contributed by atoms with Crippen LogP contribution >= 0.6 is 0 Å². The number of amides is 2. The van der Waals surface area contributed by atoms with Gasteiger partial charge in [0.05, 0.1) is 6.54 Å². The third kappa shape index (κ3) is 3.56. The van der Waals surface area contributed by atoms with E-state index in [2.05, 4.69) is 12.2 Å². The summed E-state index contributed by atoms with van der Waals surface area (Å²) in [5.41, 5.74) is 1.07. The summed E-state index contributed by atoms with van der Waals surface area (Å²) in [6, 6.07) is 9.37. The van der Waals surface area contributed by atoms with Gasteiger partial charge < -0.3 is 10.2 Å². The molecule has 1 aliphatic rings. The van der Waals surface area contributed by atoms with E-state index in [1.807, 2.05) is 30.3 Å². The molecule has 1 atom stereocenters. The summed E-state index contributed by atoms with van der Waals surface area (Å²) in [7, 11) is 0. The van der Waals surface area contributed by atoms with Crippen LogP contribution in [0.5, 0.6) is 0 Å². The summed E-state index contributed by atoms with van der Waals surface area (Å²) in [6.45, 7) is 2.95. The van der Waals surface area contributed by atoms with Crippen molar-refractivity contribution in [3.63, 3.8) is 0 Å². The molecule has 1 fully saturated rings. The topological polar surface area (TPSA) is 49.4 Å². The van der Waals surface area contributed by atoms with E-state index in [1.165, 1.54) is 0 Å². The predicted octanol–water partition coefficient (Wildman–Crippen LogP) is 1.36. The summed E-state index contributed by atoms with van der Waals surface area (Å²) in [4.78, 5) is 25.6. The maximum absolute atomic E-state index is 12.3. The highest BCUT2D eigenvalue weighted by molar-refractivity contribution is 5.95. The van der Waals surface area contributed by atoms with Crippen molar-refractivity contribution in [1.29, 1.82) is 0 Å². The average Bonchev–Trinajstić information content (AvgIpc) is 2.42. The third-order valence-electron chi connectivity index (χ3n) is 3.34. The van der Waals surface area contributed by atoms with Crippen molar-refractivity contribution in [1.82, 2.24) is 10.2 Å². The van der Waals surface area contributed by atoms with E-state index in [1.54, 1.807) is 4.90 Å². The Morgan fingerprint density at radius 3 is 2.68 bits per heavy atom. The van der Waals surface area contributed by atoms with Crippen molar-refractivity contribution in [2.24, 2.45) is 0 Å². The summed E-state index contributed by atoms with van der Waals surface area (Å²) in [5, 5.41) is 2.79. The van der Waals surface area contributed by atoms with Gasteiger partial charge in [-0.2, -0.15) is 0 Å². The monoisotopic (exact) mass is 260 g/mol. The lowest BCUT2D eigenvalue weighted by Gasteiger charge is -2.32. The van der Waals surface area contributed by atoms with Gasteiger partial charge >= 0.3 is 0 Å². The van der Waals surface area contributed by atoms with Gasteiger partial charge in [-0.15, -0.1) is 0 Å². The smallest absolute Gasteiger partial charge is 0.245 e. The van der Waals surface area contributed by atoms with Crippen LogP contribution < -0.4 is 5.32 Å². The molecule has 1 aliphatic heterocycles. The molecule has 2 amide bonds. The standard InChI is InChI=1S/C15H20N2O2/c1-2-3-9-17-11-14(18)16-13(15(17)19)10-12-7-5-4-6-8-12/h4-8,13H,2-3,9-11H2,1H3,(H,16,18). The Morgan fingerprint density at radius 2 is 2.00 bits per heavy atom. The molecule has 4 heteroatoms. The van der Waals surface area contributed by atoms with Crippen molar-refractivity contribution < 1.29 is 9.59 Å². The van der Waals surface area contributed by atoms with Crippen molar-refractivity contribution in [2.75, 3.05) is 13.1 Å². The summed E-state index contributed by atoms with van der Waals surface area (Å²) in [5.74, 6) is -0.0199. The van der Waals surface area contributed by atoms with Gasteiger partial charge in [-0.3, -0.25) is 9.59 Å². The molecular weight excluding hydrogens is 240 g/mol. The van der Waals surface area contributed by atoms with Crippen molar-refractivity contribution in [2.45, 2.75) is 32.2 Å². The quantitative estimate of drug-likeness (QED) is 0.869. The van der Waals surface area contributed by atoms with Crippen molar-refractivity contribution in [3.8, 4) is 0 Å². The lowest BCUT2D eigenvalue weighted by Crippen LogP contribution is -2.58. The Kier molecular flexibility index (Phi) is 4.55. The van der Waals surface area contributed by atoms with Crippen LogP contribution in [0, 0.1) is 0 Å². The normalized spacial score (nSPS) is 19.4. The Morgan fingerprint density at radius 1 is 1.26 bits per heavy atom. The molecular formula is C15H20N2O2. The van der Waals surface area contributed by atoms with Gasteiger partial charge in [0.15, 0.2) is 0 Å². The molecule has 1 N–H and O–H groups in total. The van der Waals surface area contributed by atoms with E-state index in [9.17, 15) is 9.59 Å². The molecule has 0 aromatic heterocycles. The fourth-order valence-electron chi connectivity index (χ4n) is 2.30. The molecule has 0 saturated carbocycles. The molecule has 2 rings (SSSR count). The molecule has 0 radical (unpaired) electrons. The predicted molar refractivity (Wildman–Crippen MR) is 73.6 cm³/mol. The Balaban J connectivity index is 2.03. The highest BCUT2D eigenvalue weighted by Gasteiger charge is 2.31. The third-order valence-corrected chi connectivity index (χ3v) is 3.34. The summed E-state index contributed by atoms with van der Waals surface area (Å²) >= 11 is 0. The molecule has 4 nitrogen and oxygen atoms in total. The first-order valence-electron chi connectivity index (χ1n) is 6.82. The number of hydrogen-bond donors (Lipinski definition) is 1. The number of carbonyl (C=O) groups is 2. The van der Waals surface area contributed by atoms with Crippen LogP contribution in [0.15, 0.2) is 30.3 Å². The number of carbonyl (C=O) groups excluding carboxylic acids is 2. The van der Waals surface area contributed by atoms with Gasteiger partial charge in [0.1, 0.15) is 6.04 Å². The Hall–Kier alpha value is -1.84. The maximum atomic E-state index is 12.3. The number of hydrogen-bond acceptors (Lipinski definition) is 2. The zero-order valence-electron chi connectivity index (χ0n) is 11.3. The van der Waals surface area contributed by atoms with E-state index >= 15 is 0 Å². The van der Waals surface area contributed by atoms with Gasteiger partial charge in [-0.25, -0.2) is 0 Å². The molecule has 0 bridgehead atoms. The maximum Gasteiger partial charge on any atom is 0.245 e. The second-order valence-electron chi connectivity index (χ2n) is 4.92. The van der Waals surface area contributed by atoms with E-state index in [0.29, 0.717) is 13.0 Å². The summed E-state index contributed by atoms with van der Waals surface area (Å²) in [6.07, 6.45) is 2.53. The minimum Gasteiger partial charge on any atom is -0.342 e. The first-order valence-corrected chi connectivity index (χ1v) is 6.82. The van der Waals surface area contributed by atoms with Crippen LogP contribution in [0.3, 0.4) is 0 Å². The molecule has 0 spiro atoms. The lowest BCUT2D eigenvalue weighted by molar-refractivity contribution is -0.144. The van der Waals surface area contributed by atoms with Crippen molar-refractivity contribution >= 4 is 11.8 Å². The number of nitrogens with one attached hydrogen (secondary N) is 1. The van der Waals surface area contributed by atoms with Crippen LogP contribution in [0.25, 0.3) is 0 Å². The van der Waals surface area contributed by atoms with Crippen LogP contribution in [-0.2, 0) is 16.0 Å². The number of piperazine rings is 1. The van der Waals surface area contributed by atoms with Gasteiger partial charge in [0.2, 0.25) is 11.8 Å². The van der Waals surface area contributed by atoms with E-state index in [0.717, 1.165) is 18.4 Å². The largest absolute Gasteiger partial charge is 0.342 e. The average molecular weight is 260 g/mol. The van der Waals surface area contributed by atoms with Gasteiger partial charge in [-0.05, 0) is 12.0 Å². The molecule has 1 aromatic rings. The van der Waals surface area contributed by atoms with Crippen LogP contribution in [0.4, 0.5) is 0 Å². The molecule has 1 unspecified atom stereocenters. The zero-order valence-corrected chi connectivity index (χ0v) is 11.3. The van der Waals surface area contributed by atoms with Gasteiger partial charge in [0.25, 0.3) is 0 Å². The Labute approximate surface area is 113 Å². The zero-order chi connectivity index (χ0) is 13.7. The first-order chi connectivity index (χ1) is 9.20. The molecule has 1 aromatic carbocycles. The van der Waals surface area contributed by atoms with Crippen LogP contribution in [0.1, 0.15) is 25.3 Å². The number of benzene rings is 1. The first kappa shape index (κ1) is 13.6. The highest BCUT2D eigenvalue weighted by Crippen LogP contribution is 2.10. The summed E-state index contributed by atoms with van der Waals surface area (Å²) < 4.78 is 0. The number of unbranched alkanes of at least 4 members (excludes halogenated alkanes) is 1. The molecule has 102 valence electrons. The fraction of sp³-hybridized carbons (Fsp3) is 0.467. The minimum absolute atomic E-state index is 0.0388. The number of rotatable bonds is 5. The Bertz CT molecular complexity index is 445. The minimum atomic E-state index is -0.416. The molecule has 1 saturated heterocycles. The van der Waals surface area contributed by atoms with E-state index < -0.39 is 6.04 Å². The van der Waals surface area contributed by atoms with Crippen LogP contribution in [-0.4, -0.2) is 35.8 Å². The molecule has 19 heavy (non-hydrogen) atoms. The SMILES string of the molecule is CCCCN1CC(=O)NC(Cc2ccccc2)C1=O.